The van der Waals surface area contributed by atoms with Gasteiger partial charge in [-0.15, -0.1) is 0 Å². The predicted octanol–water partition coefficient (Wildman–Crippen LogP) is 3.36. The van der Waals surface area contributed by atoms with Crippen LogP contribution in [0.5, 0.6) is 5.75 Å². The SMILES string of the molecule is COc1c(Cl)cccc1Nc1c(-c2ccnc(NCC3CCO3)n2)[nH]c2c1C(=O)NCC2. The number of ether oxygens (including phenoxy) is 2. The summed E-state index contributed by atoms with van der Waals surface area (Å²) in [5, 5.41) is 9.96. The van der Waals surface area contributed by atoms with Crippen molar-refractivity contribution in [3.05, 3.63) is 46.7 Å². The summed E-state index contributed by atoms with van der Waals surface area (Å²) in [4.78, 5) is 25.1. The van der Waals surface area contributed by atoms with Crippen molar-refractivity contribution >= 4 is 34.8 Å². The normalized spacial score (nSPS) is 17.2. The number of hydrogen-bond donors (Lipinski definition) is 4. The number of para-hydroxylation sites is 1. The fraction of sp³-hybridized carbons (Fsp3) is 0.318. The van der Waals surface area contributed by atoms with E-state index in [0.717, 1.165) is 18.7 Å². The number of nitrogens with zero attached hydrogens (tertiary/aromatic N) is 2. The van der Waals surface area contributed by atoms with E-state index in [0.29, 0.717) is 64.6 Å². The number of hydrogen-bond acceptors (Lipinski definition) is 7. The molecule has 166 valence electrons. The lowest BCUT2D eigenvalue weighted by Crippen LogP contribution is -2.33. The number of anilines is 3. The Bertz CT molecular complexity index is 1160. The van der Waals surface area contributed by atoms with Crippen LogP contribution in [0, 0.1) is 0 Å². The van der Waals surface area contributed by atoms with Crippen LogP contribution < -0.4 is 20.7 Å². The molecule has 0 radical (unpaired) electrons. The summed E-state index contributed by atoms with van der Waals surface area (Å²) >= 11 is 6.31. The number of methoxy groups -OCH3 is 1. The second-order valence-corrected chi connectivity index (χ2v) is 8.02. The molecule has 1 saturated heterocycles. The first kappa shape index (κ1) is 20.6. The maximum Gasteiger partial charge on any atom is 0.255 e. The van der Waals surface area contributed by atoms with Gasteiger partial charge in [0, 0.05) is 38.0 Å². The molecule has 1 amide bonds. The first-order chi connectivity index (χ1) is 15.6. The molecule has 4 N–H and O–H groups in total. The van der Waals surface area contributed by atoms with Gasteiger partial charge in [0.15, 0.2) is 5.75 Å². The van der Waals surface area contributed by atoms with Gasteiger partial charge >= 0.3 is 0 Å². The summed E-state index contributed by atoms with van der Waals surface area (Å²) in [6, 6.07) is 7.22. The predicted molar refractivity (Wildman–Crippen MR) is 122 cm³/mol. The molecule has 0 bridgehead atoms. The number of nitrogens with one attached hydrogen (secondary N) is 4. The molecule has 2 aliphatic heterocycles. The molecule has 4 heterocycles. The molecule has 3 aromatic rings. The number of H-pyrrole nitrogens is 1. The van der Waals surface area contributed by atoms with Gasteiger partial charge in [-0.2, -0.15) is 0 Å². The summed E-state index contributed by atoms with van der Waals surface area (Å²) < 4.78 is 10.9. The molecule has 0 spiro atoms. The Morgan fingerprint density at radius 2 is 2.22 bits per heavy atom. The summed E-state index contributed by atoms with van der Waals surface area (Å²) in [6.45, 7) is 2.02. The molecule has 1 atom stereocenters. The van der Waals surface area contributed by atoms with Crippen molar-refractivity contribution in [3.63, 3.8) is 0 Å². The molecule has 9 nitrogen and oxygen atoms in total. The van der Waals surface area contributed by atoms with Crippen molar-refractivity contribution in [2.24, 2.45) is 0 Å². The van der Waals surface area contributed by atoms with Crippen molar-refractivity contribution in [3.8, 4) is 17.1 Å². The molecule has 2 aromatic heterocycles. The molecule has 10 heteroatoms. The van der Waals surface area contributed by atoms with Crippen molar-refractivity contribution in [2.45, 2.75) is 18.9 Å². The lowest BCUT2D eigenvalue weighted by molar-refractivity contribution is -0.0411. The van der Waals surface area contributed by atoms with E-state index < -0.39 is 0 Å². The molecule has 1 aromatic carbocycles. The fourth-order valence-corrected chi connectivity index (χ4v) is 4.13. The van der Waals surface area contributed by atoms with E-state index in [1.165, 1.54) is 0 Å². The zero-order chi connectivity index (χ0) is 22.1. The van der Waals surface area contributed by atoms with E-state index in [2.05, 4.69) is 30.9 Å². The molecule has 1 unspecified atom stereocenters. The molecule has 0 aliphatic carbocycles. The van der Waals surface area contributed by atoms with Gasteiger partial charge < -0.3 is 30.4 Å². The minimum Gasteiger partial charge on any atom is -0.493 e. The molecule has 2 aliphatic rings. The minimum absolute atomic E-state index is 0.146. The summed E-state index contributed by atoms with van der Waals surface area (Å²) in [5.41, 5.74) is 4.02. The van der Waals surface area contributed by atoms with Gasteiger partial charge in [-0.3, -0.25) is 4.79 Å². The van der Waals surface area contributed by atoms with Gasteiger partial charge in [0.05, 0.1) is 46.6 Å². The molecular weight excluding hydrogens is 432 g/mol. The smallest absolute Gasteiger partial charge is 0.255 e. The maximum atomic E-state index is 12.8. The molecule has 1 fully saturated rings. The standard InChI is InChI=1S/C22H23ClN6O3/c1-31-20-13(23)3-2-4-16(20)28-19-17-14(5-8-24-21(17)30)27-18(19)15-6-9-25-22(29-15)26-11-12-7-10-32-12/h2-4,6,9,12,27-28H,5,7-8,10-11H2,1H3,(H,24,30)(H,25,26,29). The maximum absolute atomic E-state index is 12.8. The van der Waals surface area contributed by atoms with Crippen molar-refractivity contribution in [2.75, 3.05) is 37.4 Å². The zero-order valence-corrected chi connectivity index (χ0v) is 18.3. The van der Waals surface area contributed by atoms with E-state index in [4.69, 9.17) is 21.1 Å². The Labute approximate surface area is 189 Å². The quantitative estimate of drug-likeness (QED) is 0.433. The van der Waals surface area contributed by atoms with E-state index in [1.54, 1.807) is 25.4 Å². The van der Waals surface area contributed by atoms with Crippen LogP contribution in [0.4, 0.5) is 17.3 Å². The zero-order valence-electron chi connectivity index (χ0n) is 17.5. The second-order valence-electron chi connectivity index (χ2n) is 7.61. The topological polar surface area (TPSA) is 113 Å². The summed E-state index contributed by atoms with van der Waals surface area (Å²) in [6.07, 6.45) is 3.60. The molecular formula is C22H23ClN6O3. The number of halogens is 1. The number of aromatic amines is 1. The van der Waals surface area contributed by atoms with Crippen molar-refractivity contribution in [1.29, 1.82) is 0 Å². The number of carbonyl (C=O) groups excluding carboxylic acids is 1. The third-order valence-electron chi connectivity index (χ3n) is 5.59. The number of aromatic nitrogens is 3. The highest BCUT2D eigenvalue weighted by Gasteiger charge is 2.28. The van der Waals surface area contributed by atoms with E-state index >= 15 is 0 Å². The van der Waals surface area contributed by atoms with E-state index in [9.17, 15) is 4.79 Å². The van der Waals surface area contributed by atoms with Crippen LogP contribution in [0.2, 0.25) is 5.02 Å². The second kappa shape index (κ2) is 8.68. The number of rotatable bonds is 7. The summed E-state index contributed by atoms with van der Waals surface area (Å²) in [7, 11) is 1.56. The third kappa shape index (κ3) is 3.85. The highest BCUT2D eigenvalue weighted by Crippen LogP contribution is 2.40. The van der Waals surface area contributed by atoms with Crippen LogP contribution in [-0.4, -0.2) is 53.8 Å². The van der Waals surface area contributed by atoms with Gasteiger partial charge in [0.2, 0.25) is 5.95 Å². The lowest BCUT2D eigenvalue weighted by atomic mass is 10.1. The third-order valence-corrected chi connectivity index (χ3v) is 5.89. The Balaban J connectivity index is 1.54. The monoisotopic (exact) mass is 454 g/mol. The van der Waals surface area contributed by atoms with Gasteiger partial charge in [-0.1, -0.05) is 17.7 Å². The molecule has 0 saturated carbocycles. The van der Waals surface area contributed by atoms with Crippen molar-refractivity contribution in [1.82, 2.24) is 20.3 Å². The molecule has 5 rings (SSSR count). The van der Waals surface area contributed by atoms with Crippen molar-refractivity contribution < 1.29 is 14.3 Å². The number of benzene rings is 1. The Morgan fingerprint density at radius 3 is 3.00 bits per heavy atom. The molecule has 32 heavy (non-hydrogen) atoms. The largest absolute Gasteiger partial charge is 0.493 e. The fourth-order valence-electron chi connectivity index (χ4n) is 3.88. The van der Waals surface area contributed by atoms with Crippen LogP contribution >= 0.6 is 11.6 Å². The number of carbonyl (C=O) groups is 1. The van der Waals surface area contributed by atoms with Crippen LogP contribution in [0.3, 0.4) is 0 Å². The number of fused-ring (bicyclic) bond motifs is 1. The van der Waals surface area contributed by atoms with Crippen LogP contribution in [0.15, 0.2) is 30.5 Å². The van der Waals surface area contributed by atoms with Crippen LogP contribution in [-0.2, 0) is 11.2 Å². The Hall–Kier alpha value is -3.30. The van der Waals surface area contributed by atoms with Crippen LogP contribution in [0.1, 0.15) is 22.5 Å². The van der Waals surface area contributed by atoms with E-state index in [1.807, 2.05) is 12.1 Å². The lowest BCUT2D eigenvalue weighted by Gasteiger charge is -2.26. The van der Waals surface area contributed by atoms with Gasteiger partial charge in [-0.25, -0.2) is 9.97 Å². The average molecular weight is 455 g/mol. The van der Waals surface area contributed by atoms with E-state index in [-0.39, 0.29) is 12.0 Å². The van der Waals surface area contributed by atoms with Gasteiger partial charge in [0.25, 0.3) is 5.91 Å². The first-order valence-electron chi connectivity index (χ1n) is 10.5. The average Bonchev–Trinajstić information content (AvgIpc) is 3.13. The summed E-state index contributed by atoms with van der Waals surface area (Å²) in [5.74, 6) is 0.852. The Kier molecular flexibility index (Phi) is 5.59. The Morgan fingerprint density at radius 1 is 1.34 bits per heavy atom. The number of amides is 1. The first-order valence-corrected chi connectivity index (χ1v) is 10.8. The van der Waals surface area contributed by atoms with Gasteiger partial charge in [-0.05, 0) is 24.6 Å². The minimum atomic E-state index is -0.146. The highest BCUT2D eigenvalue weighted by atomic mass is 35.5. The highest BCUT2D eigenvalue weighted by molar-refractivity contribution is 6.32. The van der Waals surface area contributed by atoms with Gasteiger partial charge in [0.1, 0.15) is 0 Å². The van der Waals surface area contributed by atoms with Crippen LogP contribution in [0.25, 0.3) is 11.4 Å².